The summed E-state index contributed by atoms with van der Waals surface area (Å²) in [4.78, 5) is 0. The van der Waals surface area contributed by atoms with Gasteiger partial charge in [-0.15, -0.1) is 0 Å². The zero-order valence-electron chi connectivity index (χ0n) is 12.8. The molecule has 2 aliphatic rings. The topological polar surface area (TPSA) is 35.5 Å². The van der Waals surface area contributed by atoms with Crippen molar-refractivity contribution in [2.75, 3.05) is 6.54 Å². The third-order valence-corrected chi connectivity index (χ3v) is 5.10. The van der Waals surface area contributed by atoms with E-state index in [0.29, 0.717) is 17.1 Å². The lowest BCUT2D eigenvalue weighted by Crippen LogP contribution is -2.39. The van der Waals surface area contributed by atoms with Crippen molar-refractivity contribution in [2.45, 2.75) is 31.0 Å². The summed E-state index contributed by atoms with van der Waals surface area (Å²) in [5.41, 5.74) is 5.62. The number of nitrogens with zero attached hydrogens (tertiary/aromatic N) is 1. The molecule has 6 heteroatoms. The first-order valence-corrected chi connectivity index (χ1v) is 8.35. The van der Waals surface area contributed by atoms with Crippen LogP contribution in [0.25, 0.3) is 0 Å². The normalized spacial score (nSPS) is 26.8. The monoisotopic (exact) mass is 350 g/mol. The van der Waals surface area contributed by atoms with Gasteiger partial charge in [-0.05, 0) is 47.4 Å². The number of aliphatic hydroxyl groups excluding tert-OH is 1. The Morgan fingerprint density at radius 1 is 1.17 bits per heavy atom. The predicted molar refractivity (Wildman–Crippen MR) is 87.5 cm³/mol. The maximum atomic E-state index is 14.1. The Balaban J connectivity index is 1.59. The molecule has 24 heavy (non-hydrogen) atoms. The van der Waals surface area contributed by atoms with E-state index in [1.54, 1.807) is 18.2 Å². The molecule has 2 aromatic carbocycles. The molecule has 0 amide bonds. The Morgan fingerprint density at radius 3 is 2.67 bits per heavy atom. The molecular weight excluding hydrogens is 334 g/mol. The van der Waals surface area contributed by atoms with Crippen LogP contribution in [0.2, 0.25) is 5.02 Å². The Kier molecular flexibility index (Phi) is 4.04. The Bertz CT molecular complexity index is 768. The highest BCUT2D eigenvalue weighted by atomic mass is 35.5. The molecule has 4 rings (SSSR count). The number of rotatable bonds is 2. The second-order valence-corrected chi connectivity index (χ2v) is 6.82. The van der Waals surface area contributed by atoms with Gasteiger partial charge in [-0.1, -0.05) is 23.7 Å². The molecule has 2 aromatic rings. The van der Waals surface area contributed by atoms with E-state index in [4.69, 9.17) is 11.6 Å². The molecule has 1 aliphatic carbocycles. The van der Waals surface area contributed by atoms with Crippen molar-refractivity contribution in [3.8, 4) is 0 Å². The van der Waals surface area contributed by atoms with Crippen molar-refractivity contribution in [2.24, 2.45) is 0 Å². The maximum absolute atomic E-state index is 14.1. The van der Waals surface area contributed by atoms with Crippen LogP contribution >= 0.6 is 11.6 Å². The Labute approximate surface area is 143 Å². The molecular formula is C18H17ClF2N2O. The minimum absolute atomic E-state index is 0.0471. The third kappa shape index (κ3) is 2.71. The van der Waals surface area contributed by atoms with Gasteiger partial charge < -0.3 is 5.11 Å². The van der Waals surface area contributed by atoms with Crippen LogP contribution in [0, 0.1) is 11.6 Å². The van der Waals surface area contributed by atoms with Gasteiger partial charge in [-0.3, -0.25) is 0 Å². The minimum atomic E-state index is -0.688. The maximum Gasteiger partial charge on any atom is 0.128 e. The first-order chi connectivity index (χ1) is 11.5. The van der Waals surface area contributed by atoms with Gasteiger partial charge in [0.15, 0.2) is 0 Å². The molecule has 126 valence electrons. The summed E-state index contributed by atoms with van der Waals surface area (Å²) in [6.45, 7) is 0.706. The lowest BCUT2D eigenvalue weighted by molar-refractivity contribution is 0.0450. The summed E-state index contributed by atoms with van der Waals surface area (Å²) < 4.78 is 27.2. The fourth-order valence-corrected chi connectivity index (χ4v) is 3.97. The van der Waals surface area contributed by atoms with Crippen LogP contribution in [0.5, 0.6) is 0 Å². The van der Waals surface area contributed by atoms with Gasteiger partial charge in [0.2, 0.25) is 0 Å². The standard InChI is InChI=1S/C18H17ClF2N2O/c19-11-7-14-13(15(21)8-11)9-17(24)18(14)23-6-5-16(22-23)10-1-3-12(20)4-2-10/h1-4,7-8,16-18,22,24H,5-6,9H2/t16?,17-,18-/m1/s1. The molecule has 0 spiro atoms. The van der Waals surface area contributed by atoms with Crippen molar-refractivity contribution in [3.63, 3.8) is 0 Å². The van der Waals surface area contributed by atoms with Crippen LogP contribution < -0.4 is 5.43 Å². The number of halogens is 3. The van der Waals surface area contributed by atoms with Gasteiger partial charge in [-0.2, -0.15) is 0 Å². The molecule has 1 saturated heterocycles. The van der Waals surface area contributed by atoms with E-state index in [2.05, 4.69) is 5.43 Å². The lowest BCUT2D eigenvalue weighted by Gasteiger charge is -2.28. The summed E-state index contributed by atoms with van der Waals surface area (Å²) >= 11 is 5.99. The molecule has 2 N–H and O–H groups in total. The number of aliphatic hydroxyl groups is 1. The summed E-state index contributed by atoms with van der Waals surface area (Å²) in [6.07, 6.45) is 0.419. The van der Waals surface area contributed by atoms with E-state index in [0.717, 1.165) is 17.5 Å². The Morgan fingerprint density at radius 2 is 1.92 bits per heavy atom. The number of benzene rings is 2. The van der Waals surface area contributed by atoms with Crippen LogP contribution in [0.1, 0.15) is 35.2 Å². The summed E-state index contributed by atoms with van der Waals surface area (Å²) in [5.74, 6) is -0.632. The SMILES string of the molecule is O[C@@H]1Cc2c(F)cc(Cl)cc2[C@H]1N1CCC(c2ccc(F)cc2)N1. The van der Waals surface area contributed by atoms with E-state index in [1.807, 2.05) is 5.01 Å². The van der Waals surface area contributed by atoms with Crippen molar-refractivity contribution in [1.29, 1.82) is 0 Å². The minimum Gasteiger partial charge on any atom is -0.391 e. The van der Waals surface area contributed by atoms with Crippen LogP contribution in [0.3, 0.4) is 0 Å². The van der Waals surface area contributed by atoms with Crippen LogP contribution in [-0.4, -0.2) is 22.8 Å². The summed E-state index contributed by atoms with van der Waals surface area (Å²) in [7, 11) is 0. The second-order valence-electron chi connectivity index (χ2n) is 6.39. The first kappa shape index (κ1) is 16.0. The zero-order chi connectivity index (χ0) is 16.8. The van der Waals surface area contributed by atoms with Crippen molar-refractivity contribution in [1.82, 2.24) is 10.4 Å². The predicted octanol–water partition coefficient (Wildman–Crippen LogP) is 3.53. The van der Waals surface area contributed by atoms with E-state index < -0.39 is 6.10 Å². The number of hydrogen-bond acceptors (Lipinski definition) is 3. The molecule has 1 unspecified atom stereocenters. The smallest absolute Gasteiger partial charge is 0.128 e. The van der Waals surface area contributed by atoms with Crippen LogP contribution in [0.4, 0.5) is 8.78 Å². The third-order valence-electron chi connectivity index (χ3n) is 4.88. The average Bonchev–Trinajstić information content (AvgIpc) is 3.12. The van der Waals surface area contributed by atoms with E-state index >= 15 is 0 Å². The second kappa shape index (κ2) is 6.08. The van der Waals surface area contributed by atoms with Crippen molar-refractivity contribution in [3.05, 3.63) is 69.7 Å². The quantitative estimate of drug-likeness (QED) is 0.869. The number of nitrogens with one attached hydrogen (secondary N) is 1. The molecule has 0 aromatic heterocycles. The molecule has 3 nitrogen and oxygen atoms in total. The van der Waals surface area contributed by atoms with Crippen molar-refractivity contribution < 1.29 is 13.9 Å². The molecule has 0 radical (unpaired) electrons. The van der Waals surface area contributed by atoms with Gasteiger partial charge in [0.1, 0.15) is 11.6 Å². The van der Waals surface area contributed by atoms with Crippen molar-refractivity contribution >= 4 is 11.6 Å². The van der Waals surface area contributed by atoms with Gasteiger partial charge in [0.05, 0.1) is 12.1 Å². The average molecular weight is 351 g/mol. The molecule has 1 aliphatic heterocycles. The summed E-state index contributed by atoms with van der Waals surface area (Å²) in [6, 6.07) is 9.12. The van der Waals surface area contributed by atoms with E-state index in [9.17, 15) is 13.9 Å². The van der Waals surface area contributed by atoms with Gasteiger partial charge in [0.25, 0.3) is 0 Å². The molecule has 0 bridgehead atoms. The largest absolute Gasteiger partial charge is 0.391 e. The molecule has 1 fully saturated rings. The highest BCUT2D eigenvalue weighted by molar-refractivity contribution is 6.30. The van der Waals surface area contributed by atoms with Gasteiger partial charge in [-0.25, -0.2) is 19.2 Å². The highest BCUT2D eigenvalue weighted by Gasteiger charge is 2.40. The lowest BCUT2D eigenvalue weighted by atomic mass is 10.1. The highest BCUT2D eigenvalue weighted by Crippen LogP contribution is 2.40. The van der Waals surface area contributed by atoms with E-state index in [-0.39, 0.29) is 30.1 Å². The zero-order valence-corrected chi connectivity index (χ0v) is 13.6. The molecule has 3 atom stereocenters. The molecule has 0 saturated carbocycles. The van der Waals surface area contributed by atoms with Crippen LogP contribution in [0.15, 0.2) is 36.4 Å². The molecule has 1 heterocycles. The van der Waals surface area contributed by atoms with Crippen LogP contribution in [-0.2, 0) is 6.42 Å². The number of fused-ring (bicyclic) bond motifs is 1. The fraction of sp³-hybridized carbons (Fsp3) is 0.333. The van der Waals surface area contributed by atoms with Gasteiger partial charge in [0, 0.05) is 24.0 Å². The Hall–Kier alpha value is -1.53. The summed E-state index contributed by atoms with van der Waals surface area (Å²) in [5, 5.41) is 12.7. The first-order valence-electron chi connectivity index (χ1n) is 7.97. The number of hydrogen-bond donors (Lipinski definition) is 2. The van der Waals surface area contributed by atoms with Gasteiger partial charge >= 0.3 is 0 Å². The fourth-order valence-electron chi connectivity index (χ4n) is 3.76. The number of hydrazine groups is 1. The van der Waals surface area contributed by atoms with E-state index in [1.165, 1.54) is 18.2 Å².